The van der Waals surface area contributed by atoms with Crippen LogP contribution in [0.2, 0.25) is 0 Å². The van der Waals surface area contributed by atoms with Crippen LogP contribution in [-0.4, -0.2) is 61.5 Å². The normalized spacial score (nSPS) is 16.4. The van der Waals surface area contributed by atoms with Crippen molar-refractivity contribution >= 4 is 23.4 Å². The van der Waals surface area contributed by atoms with Crippen LogP contribution < -0.4 is 5.32 Å². The van der Waals surface area contributed by atoms with Crippen LogP contribution in [0.3, 0.4) is 0 Å². The summed E-state index contributed by atoms with van der Waals surface area (Å²) in [6.07, 6.45) is 1.47. The van der Waals surface area contributed by atoms with Crippen molar-refractivity contribution in [3.05, 3.63) is 29.8 Å². The molecule has 0 unspecified atom stereocenters. The monoisotopic (exact) mass is 376 g/mol. The predicted octanol–water partition coefficient (Wildman–Crippen LogP) is 2.26. The molecule has 0 aliphatic carbocycles. The Hall–Kier alpha value is -2.41. The van der Waals surface area contributed by atoms with Crippen LogP contribution in [0.25, 0.3) is 0 Å². The second kappa shape index (κ2) is 9.50. The molecule has 1 heterocycles. The Balaban J connectivity index is 2.12. The maximum absolute atomic E-state index is 12.6. The molecule has 1 aliphatic heterocycles. The van der Waals surface area contributed by atoms with E-state index in [-0.39, 0.29) is 17.7 Å². The molecule has 1 aromatic rings. The molecule has 7 nitrogen and oxygen atoms in total. The quantitative estimate of drug-likeness (QED) is 0.550. The number of ketones is 1. The van der Waals surface area contributed by atoms with Gasteiger partial charge in [-0.25, -0.2) is 4.79 Å². The number of likely N-dealkylation sites (tertiary alicyclic amines) is 1. The number of nitrogens with zero attached hydrogens (tertiary/aromatic N) is 1. The maximum Gasteiger partial charge on any atom is 0.331 e. The fourth-order valence-corrected chi connectivity index (χ4v) is 3.34. The van der Waals surface area contributed by atoms with Gasteiger partial charge in [0.2, 0.25) is 0 Å². The average molecular weight is 376 g/mol. The zero-order valence-electron chi connectivity index (χ0n) is 16.2. The van der Waals surface area contributed by atoms with E-state index in [1.54, 1.807) is 6.07 Å². The van der Waals surface area contributed by atoms with Crippen LogP contribution in [0.1, 0.15) is 43.5 Å². The largest absolute Gasteiger partial charge is 0.467 e. The SMILES string of the molecule is CCC(=O)c1ccccc1NC1(C(=O)OC)CCN(CCOC(C)=O)CC1. The van der Waals surface area contributed by atoms with E-state index < -0.39 is 5.54 Å². The summed E-state index contributed by atoms with van der Waals surface area (Å²) in [6.45, 7) is 5.48. The van der Waals surface area contributed by atoms with Crippen LogP contribution >= 0.6 is 0 Å². The third-order valence-corrected chi connectivity index (χ3v) is 4.92. The smallest absolute Gasteiger partial charge is 0.331 e. The van der Waals surface area contributed by atoms with Crippen molar-refractivity contribution in [1.29, 1.82) is 0 Å². The Morgan fingerprint density at radius 3 is 2.44 bits per heavy atom. The van der Waals surface area contributed by atoms with Crippen molar-refractivity contribution in [2.24, 2.45) is 0 Å². The van der Waals surface area contributed by atoms with Gasteiger partial charge in [-0.3, -0.25) is 14.5 Å². The molecule has 2 rings (SSSR count). The van der Waals surface area contributed by atoms with E-state index in [2.05, 4.69) is 10.2 Å². The Morgan fingerprint density at radius 2 is 1.85 bits per heavy atom. The van der Waals surface area contributed by atoms with Gasteiger partial charge in [-0.15, -0.1) is 0 Å². The molecule has 0 spiro atoms. The molecule has 0 radical (unpaired) electrons. The van der Waals surface area contributed by atoms with Crippen LogP contribution in [0.15, 0.2) is 24.3 Å². The topological polar surface area (TPSA) is 84.9 Å². The molecular formula is C20H28N2O5. The minimum Gasteiger partial charge on any atom is -0.467 e. The Labute approximate surface area is 160 Å². The van der Waals surface area contributed by atoms with E-state index in [9.17, 15) is 14.4 Å². The number of anilines is 1. The summed E-state index contributed by atoms with van der Waals surface area (Å²) in [7, 11) is 1.38. The van der Waals surface area contributed by atoms with Gasteiger partial charge in [0.15, 0.2) is 5.78 Å². The molecule has 0 amide bonds. The number of ether oxygens (including phenoxy) is 2. The highest BCUT2D eigenvalue weighted by atomic mass is 16.5. The second-order valence-corrected chi connectivity index (χ2v) is 6.70. The lowest BCUT2D eigenvalue weighted by Gasteiger charge is -2.41. The third kappa shape index (κ3) is 5.29. The average Bonchev–Trinajstić information content (AvgIpc) is 2.68. The number of para-hydroxylation sites is 1. The van der Waals surface area contributed by atoms with E-state index in [0.29, 0.717) is 56.8 Å². The fourth-order valence-electron chi connectivity index (χ4n) is 3.34. The summed E-state index contributed by atoms with van der Waals surface area (Å²) < 4.78 is 10.1. The van der Waals surface area contributed by atoms with E-state index in [1.165, 1.54) is 14.0 Å². The number of methoxy groups -OCH3 is 1. The maximum atomic E-state index is 12.6. The first-order valence-corrected chi connectivity index (χ1v) is 9.26. The van der Waals surface area contributed by atoms with Crippen LogP contribution in [-0.2, 0) is 19.1 Å². The van der Waals surface area contributed by atoms with Gasteiger partial charge in [0.1, 0.15) is 12.1 Å². The standard InChI is InChI=1S/C20H28N2O5/c1-4-18(24)16-7-5-6-8-17(16)21-20(19(25)26-3)9-11-22(12-10-20)13-14-27-15(2)23/h5-8,21H,4,9-14H2,1-3H3. The summed E-state index contributed by atoms with van der Waals surface area (Å²) in [5.41, 5.74) is 0.361. The first kappa shape index (κ1) is 20.9. The third-order valence-electron chi connectivity index (χ3n) is 4.92. The minimum atomic E-state index is -0.878. The Kier molecular flexibility index (Phi) is 7.36. The lowest BCUT2D eigenvalue weighted by atomic mass is 9.86. The van der Waals surface area contributed by atoms with Crippen LogP contribution in [0.4, 0.5) is 5.69 Å². The number of hydrogen-bond donors (Lipinski definition) is 1. The van der Waals surface area contributed by atoms with E-state index in [0.717, 1.165) is 0 Å². The highest BCUT2D eigenvalue weighted by molar-refractivity contribution is 6.01. The van der Waals surface area contributed by atoms with Crippen molar-refractivity contribution in [1.82, 2.24) is 4.90 Å². The van der Waals surface area contributed by atoms with Gasteiger partial charge in [0, 0.05) is 44.2 Å². The summed E-state index contributed by atoms with van der Waals surface area (Å²) >= 11 is 0. The first-order chi connectivity index (χ1) is 12.9. The summed E-state index contributed by atoms with van der Waals surface area (Å²) in [5, 5.41) is 3.32. The number of carbonyl (C=O) groups excluding carboxylic acids is 3. The number of Topliss-reactive ketones (excluding diaryl/α,β-unsaturated/α-hetero) is 1. The first-order valence-electron chi connectivity index (χ1n) is 9.26. The van der Waals surface area contributed by atoms with Crippen molar-refractivity contribution < 1.29 is 23.9 Å². The van der Waals surface area contributed by atoms with Crippen LogP contribution in [0.5, 0.6) is 0 Å². The zero-order chi connectivity index (χ0) is 19.9. The van der Waals surface area contributed by atoms with Gasteiger partial charge >= 0.3 is 11.9 Å². The molecular weight excluding hydrogens is 348 g/mol. The number of rotatable bonds is 8. The number of hydrogen-bond acceptors (Lipinski definition) is 7. The van der Waals surface area contributed by atoms with Gasteiger partial charge in [-0.1, -0.05) is 19.1 Å². The van der Waals surface area contributed by atoms with Gasteiger partial charge in [0.25, 0.3) is 0 Å². The molecule has 1 aliphatic rings. The van der Waals surface area contributed by atoms with Gasteiger partial charge < -0.3 is 14.8 Å². The summed E-state index contributed by atoms with van der Waals surface area (Å²) in [6, 6.07) is 7.25. The fraction of sp³-hybridized carbons (Fsp3) is 0.550. The van der Waals surface area contributed by atoms with Gasteiger partial charge in [-0.05, 0) is 25.0 Å². The van der Waals surface area contributed by atoms with E-state index in [4.69, 9.17) is 9.47 Å². The summed E-state index contributed by atoms with van der Waals surface area (Å²) in [4.78, 5) is 37.9. The molecule has 1 aromatic carbocycles. The lowest BCUT2D eigenvalue weighted by molar-refractivity contribution is -0.147. The Bertz CT molecular complexity index is 681. The number of benzene rings is 1. The molecule has 27 heavy (non-hydrogen) atoms. The van der Waals surface area contributed by atoms with Crippen LogP contribution in [0, 0.1) is 0 Å². The molecule has 0 saturated carbocycles. The van der Waals surface area contributed by atoms with Crippen molar-refractivity contribution in [3.63, 3.8) is 0 Å². The van der Waals surface area contributed by atoms with Gasteiger partial charge in [-0.2, -0.15) is 0 Å². The molecule has 0 atom stereocenters. The zero-order valence-corrected chi connectivity index (χ0v) is 16.2. The molecule has 0 bridgehead atoms. The highest BCUT2D eigenvalue weighted by Crippen LogP contribution is 2.30. The molecule has 1 N–H and O–H groups in total. The number of nitrogens with one attached hydrogen (secondary N) is 1. The van der Waals surface area contributed by atoms with Gasteiger partial charge in [0.05, 0.1) is 7.11 Å². The summed E-state index contributed by atoms with van der Waals surface area (Å²) in [5.74, 6) is -0.604. The number of carbonyl (C=O) groups is 3. The van der Waals surface area contributed by atoms with Crippen molar-refractivity contribution in [3.8, 4) is 0 Å². The highest BCUT2D eigenvalue weighted by Gasteiger charge is 2.43. The van der Waals surface area contributed by atoms with E-state index in [1.807, 2.05) is 25.1 Å². The minimum absolute atomic E-state index is 0.0249. The molecule has 1 saturated heterocycles. The van der Waals surface area contributed by atoms with Crippen molar-refractivity contribution in [2.75, 3.05) is 38.7 Å². The molecule has 0 aromatic heterocycles. The molecule has 1 fully saturated rings. The predicted molar refractivity (Wildman–Crippen MR) is 102 cm³/mol. The van der Waals surface area contributed by atoms with E-state index >= 15 is 0 Å². The second-order valence-electron chi connectivity index (χ2n) is 6.70. The number of esters is 2. The molecule has 7 heteroatoms. The lowest BCUT2D eigenvalue weighted by Crippen LogP contribution is -2.55. The molecule has 148 valence electrons. The van der Waals surface area contributed by atoms with Crippen molar-refractivity contribution in [2.45, 2.75) is 38.6 Å². The number of piperidine rings is 1. The Morgan fingerprint density at radius 1 is 1.19 bits per heavy atom.